The quantitative estimate of drug-likeness (QED) is 0.488. The molecular weight excluding hydrogens is 230 g/mol. The van der Waals surface area contributed by atoms with Gasteiger partial charge in [-0.1, -0.05) is 0 Å². The molecule has 0 aliphatic carbocycles. The van der Waals surface area contributed by atoms with Gasteiger partial charge in [0.2, 0.25) is 0 Å². The summed E-state index contributed by atoms with van der Waals surface area (Å²) in [7, 11) is 0. The highest BCUT2D eigenvalue weighted by Crippen LogP contribution is 2.25. The maximum Gasteiger partial charge on any atom is 0.187 e. The molecule has 0 amide bonds. The number of likely N-dealkylation sites (tertiary alicyclic amines) is 1. The summed E-state index contributed by atoms with van der Waals surface area (Å²) in [5.41, 5.74) is 0.374. The SMILES string of the molecule is O=C(C=CN1CCCCC1)c1ccc(O)c(O)c1. The van der Waals surface area contributed by atoms with Crippen LogP contribution in [0.4, 0.5) is 0 Å². The van der Waals surface area contributed by atoms with Gasteiger partial charge in [-0.25, -0.2) is 0 Å². The van der Waals surface area contributed by atoms with Gasteiger partial charge in [0.15, 0.2) is 17.3 Å². The lowest BCUT2D eigenvalue weighted by Gasteiger charge is -2.24. The summed E-state index contributed by atoms with van der Waals surface area (Å²) >= 11 is 0. The molecule has 0 atom stereocenters. The number of hydrogen-bond acceptors (Lipinski definition) is 4. The van der Waals surface area contributed by atoms with Crippen molar-refractivity contribution in [3.63, 3.8) is 0 Å². The van der Waals surface area contributed by atoms with Crippen molar-refractivity contribution in [2.24, 2.45) is 0 Å². The Morgan fingerprint density at radius 3 is 2.50 bits per heavy atom. The second-order valence-corrected chi connectivity index (χ2v) is 4.48. The molecule has 0 aromatic heterocycles. The first-order chi connectivity index (χ1) is 8.66. The minimum atomic E-state index is -0.271. The van der Waals surface area contributed by atoms with Crippen LogP contribution >= 0.6 is 0 Å². The summed E-state index contributed by atoms with van der Waals surface area (Å²) < 4.78 is 0. The van der Waals surface area contributed by atoms with Gasteiger partial charge in [-0.3, -0.25) is 4.79 Å². The van der Waals surface area contributed by atoms with Crippen molar-refractivity contribution in [1.82, 2.24) is 4.90 Å². The standard InChI is InChI=1S/C14H17NO3/c16-12(6-9-15-7-2-1-3-8-15)11-4-5-13(17)14(18)10-11/h4-6,9-10,17-18H,1-3,7-8H2. The van der Waals surface area contributed by atoms with E-state index in [2.05, 4.69) is 4.90 Å². The Morgan fingerprint density at radius 1 is 1.11 bits per heavy atom. The molecular formula is C14H17NO3. The molecule has 1 aliphatic rings. The molecule has 18 heavy (non-hydrogen) atoms. The molecule has 0 spiro atoms. The monoisotopic (exact) mass is 247 g/mol. The number of aromatic hydroxyl groups is 2. The van der Waals surface area contributed by atoms with Crippen LogP contribution in [0.3, 0.4) is 0 Å². The van der Waals surface area contributed by atoms with Gasteiger partial charge in [0.25, 0.3) is 0 Å². The van der Waals surface area contributed by atoms with Gasteiger partial charge in [-0.15, -0.1) is 0 Å². The number of rotatable bonds is 3. The van der Waals surface area contributed by atoms with Crippen molar-refractivity contribution in [3.8, 4) is 11.5 Å². The van der Waals surface area contributed by atoms with Gasteiger partial charge in [-0.2, -0.15) is 0 Å². The summed E-state index contributed by atoms with van der Waals surface area (Å²) in [4.78, 5) is 14.0. The zero-order valence-electron chi connectivity index (χ0n) is 10.2. The van der Waals surface area contributed by atoms with Gasteiger partial charge in [0, 0.05) is 30.9 Å². The Balaban J connectivity index is 2.02. The first-order valence-electron chi connectivity index (χ1n) is 6.15. The minimum absolute atomic E-state index is 0.170. The Bertz CT molecular complexity index is 462. The molecule has 1 saturated heterocycles. The van der Waals surface area contributed by atoms with E-state index in [1.807, 2.05) is 6.20 Å². The fraction of sp³-hybridized carbons (Fsp3) is 0.357. The number of piperidine rings is 1. The van der Waals surface area contributed by atoms with Gasteiger partial charge >= 0.3 is 0 Å². The van der Waals surface area contributed by atoms with Crippen LogP contribution in [0.1, 0.15) is 29.6 Å². The number of carbonyl (C=O) groups excluding carboxylic acids is 1. The maximum atomic E-state index is 11.8. The first-order valence-corrected chi connectivity index (χ1v) is 6.15. The summed E-state index contributed by atoms with van der Waals surface area (Å²) in [5, 5.41) is 18.5. The van der Waals surface area contributed by atoms with E-state index in [9.17, 15) is 15.0 Å². The fourth-order valence-electron chi connectivity index (χ4n) is 2.01. The van der Waals surface area contributed by atoms with Gasteiger partial charge < -0.3 is 15.1 Å². The predicted octanol–water partition coefficient (Wildman–Crippen LogP) is 2.28. The Hall–Kier alpha value is -1.97. The minimum Gasteiger partial charge on any atom is -0.504 e. The van der Waals surface area contributed by atoms with Crippen LogP contribution in [-0.4, -0.2) is 34.0 Å². The number of hydrogen-bond donors (Lipinski definition) is 2. The molecule has 2 N–H and O–H groups in total. The fourth-order valence-corrected chi connectivity index (χ4v) is 2.01. The number of nitrogens with zero attached hydrogens (tertiary/aromatic N) is 1. The van der Waals surface area contributed by atoms with E-state index in [1.165, 1.54) is 43.5 Å². The number of ketones is 1. The van der Waals surface area contributed by atoms with Gasteiger partial charge in [0.1, 0.15) is 0 Å². The lowest BCUT2D eigenvalue weighted by molar-refractivity contribution is 0.104. The van der Waals surface area contributed by atoms with E-state index in [0.29, 0.717) is 5.56 Å². The molecule has 1 aromatic rings. The van der Waals surface area contributed by atoms with Crippen molar-refractivity contribution in [2.75, 3.05) is 13.1 Å². The molecule has 1 fully saturated rings. The largest absolute Gasteiger partial charge is 0.504 e. The number of phenolic OH excluding ortho intramolecular Hbond substituents is 2. The van der Waals surface area contributed by atoms with Crippen LogP contribution < -0.4 is 0 Å². The van der Waals surface area contributed by atoms with Crippen molar-refractivity contribution in [3.05, 3.63) is 36.0 Å². The highest BCUT2D eigenvalue weighted by molar-refractivity contribution is 6.04. The second kappa shape index (κ2) is 5.58. The van der Waals surface area contributed by atoms with Crippen molar-refractivity contribution in [1.29, 1.82) is 0 Å². The third kappa shape index (κ3) is 3.03. The van der Waals surface area contributed by atoms with Crippen molar-refractivity contribution < 1.29 is 15.0 Å². The molecule has 1 aromatic carbocycles. The topological polar surface area (TPSA) is 60.8 Å². The molecule has 4 heteroatoms. The number of allylic oxidation sites excluding steroid dienone is 1. The van der Waals surface area contributed by atoms with E-state index in [1.54, 1.807) is 0 Å². The summed E-state index contributed by atoms with van der Waals surface area (Å²) in [5.74, 6) is -0.658. The third-order valence-corrected chi connectivity index (χ3v) is 3.09. The van der Waals surface area contributed by atoms with E-state index >= 15 is 0 Å². The molecule has 96 valence electrons. The van der Waals surface area contributed by atoms with Crippen LogP contribution in [0, 0.1) is 0 Å². The third-order valence-electron chi connectivity index (χ3n) is 3.09. The smallest absolute Gasteiger partial charge is 0.187 e. The number of carbonyl (C=O) groups is 1. The van der Waals surface area contributed by atoms with E-state index in [0.717, 1.165) is 13.1 Å². The van der Waals surface area contributed by atoms with Crippen molar-refractivity contribution >= 4 is 5.78 Å². The first kappa shape index (κ1) is 12.5. The van der Waals surface area contributed by atoms with Crippen LogP contribution in [0.5, 0.6) is 11.5 Å². The summed E-state index contributed by atoms with van der Waals surface area (Å²) in [6, 6.07) is 4.09. The van der Waals surface area contributed by atoms with Crippen LogP contribution in [-0.2, 0) is 0 Å². The highest BCUT2D eigenvalue weighted by atomic mass is 16.3. The van der Waals surface area contributed by atoms with E-state index in [4.69, 9.17) is 0 Å². The molecule has 0 radical (unpaired) electrons. The van der Waals surface area contributed by atoms with Crippen molar-refractivity contribution in [2.45, 2.75) is 19.3 Å². The average molecular weight is 247 g/mol. The lowest BCUT2D eigenvalue weighted by Crippen LogP contribution is -2.24. The predicted molar refractivity (Wildman–Crippen MR) is 68.7 cm³/mol. The Labute approximate surface area is 106 Å². The van der Waals surface area contributed by atoms with Gasteiger partial charge in [0.05, 0.1) is 0 Å². The Morgan fingerprint density at radius 2 is 1.83 bits per heavy atom. The zero-order valence-corrected chi connectivity index (χ0v) is 10.2. The molecule has 0 bridgehead atoms. The molecule has 0 saturated carbocycles. The number of benzene rings is 1. The second-order valence-electron chi connectivity index (χ2n) is 4.48. The average Bonchev–Trinajstić information content (AvgIpc) is 2.40. The molecule has 2 rings (SSSR count). The normalized spacial score (nSPS) is 16.1. The zero-order chi connectivity index (χ0) is 13.0. The summed E-state index contributed by atoms with van der Waals surface area (Å²) in [6.07, 6.45) is 6.91. The number of phenols is 2. The molecule has 4 nitrogen and oxygen atoms in total. The van der Waals surface area contributed by atoms with Crippen LogP contribution in [0.15, 0.2) is 30.5 Å². The Kier molecular flexibility index (Phi) is 3.87. The molecule has 0 unspecified atom stereocenters. The van der Waals surface area contributed by atoms with Crippen LogP contribution in [0.25, 0.3) is 0 Å². The van der Waals surface area contributed by atoms with Crippen LogP contribution in [0.2, 0.25) is 0 Å². The van der Waals surface area contributed by atoms with Gasteiger partial charge in [-0.05, 0) is 37.5 Å². The van der Waals surface area contributed by atoms with E-state index < -0.39 is 0 Å². The highest BCUT2D eigenvalue weighted by Gasteiger charge is 2.08. The van der Waals surface area contributed by atoms with E-state index in [-0.39, 0.29) is 17.3 Å². The lowest BCUT2D eigenvalue weighted by atomic mass is 10.1. The summed E-state index contributed by atoms with van der Waals surface area (Å²) in [6.45, 7) is 1.98. The molecule has 1 aliphatic heterocycles. The maximum absolute atomic E-state index is 11.8. The molecule has 1 heterocycles.